The predicted molar refractivity (Wildman–Crippen MR) is 85.8 cm³/mol. The van der Waals surface area contributed by atoms with Gasteiger partial charge in [-0.2, -0.15) is 0 Å². The van der Waals surface area contributed by atoms with Crippen LogP contribution < -0.4 is 5.32 Å². The molecule has 0 unspecified atom stereocenters. The van der Waals surface area contributed by atoms with Gasteiger partial charge in [-0.25, -0.2) is 0 Å². The van der Waals surface area contributed by atoms with E-state index in [1.807, 2.05) is 12.1 Å². The topological polar surface area (TPSA) is 15.3 Å². The van der Waals surface area contributed by atoms with E-state index in [0.717, 1.165) is 22.6 Å². The molecule has 0 spiro atoms. The Morgan fingerprint density at radius 3 is 2.74 bits per heavy atom. The highest BCUT2D eigenvalue weighted by Gasteiger charge is 2.08. The number of likely N-dealkylation sites (tertiary alicyclic amines) is 1. The van der Waals surface area contributed by atoms with Gasteiger partial charge in [0.15, 0.2) is 0 Å². The number of halogens is 2. The van der Waals surface area contributed by atoms with Crippen LogP contribution >= 0.6 is 27.5 Å². The average molecular weight is 346 g/mol. The second-order valence-electron chi connectivity index (χ2n) is 5.17. The molecule has 1 fully saturated rings. The Kier molecular flexibility index (Phi) is 6.65. The van der Waals surface area contributed by atoms with Gasteiger partial charge in [-0.15, -0.1) is 0 Å². The van der Waals surface area contributed by atoms with Crippen LogP contribution in [0.15, 0.2) is 22.7 Å². The molecule has 0 amide bonds. The van der Waals surface area contributed by atoms with Crippen LogP contribution in [0.1, 0.15) is 31.2 Å². The van der Waals surface area contributed by atoms with Crippen molar-refractivity contribution >= 4 is 27.5 Å². The van der Waals surface area contributed by atoms with E-state index in [1.165, 1.54) is 50.9 Å². The maximum absolute atomic E-state index is 6.19. The molecular weight excluding hydrogens is 324 g/mol. The number of hydrogen-bond donors (Lipinski definition) is 1. The SMILES string of the molecule is Clc1cc(Br)ccc1CNCCCN1CCCCC1. The largest absolute Gasteiger partial charge is 0.313 e. The molecule has 0 aromatic heterocycles. The highest BCUT2D eigenvalue weighted by atomic mass is 79.9. The molecule has 1 aromatic carbocycles. The second-order valence-corrected chi connectivity index (χ2v) is 6.49. The molecule has 0 bridgehead atoms. The Balaban J connectivity index is 1.61. The van der Waals surface area contributed by atoms with Crippen molar-refractivity contribution < 1.29 is 0 Å². The molecule has 0 radical (unpaired) electrons. The summed E-state index contributed by atoms with van der Waals surface area (Å²) in [6.07, 6.45) is 5.38. The molecule has 0 aliphatic carbocycles. The lowest BCUT2D eigenvalue weighted by atomic mass is 10.1. The first-order chi connectivity index (χ1) is 9.25. The lowest BCUT2D eigenvalue weighted by Crippen LogP contribution is -2.32. The zero-order valence-corrected chi connectivity index (χ0v) is 13.6. The Hall–Kier alpha value is -0.0900. The molecular formula is C15H22BrClN2. The summed E-state index contributed by atoms with van der Waals surface area (Å²) in [7, 11) is 0. The minimum atomic E-state index is 0.831. The molecule has 1 heterocycles. The van der Waals surface area contributed by atoms with Gasteiger partial charge in [0, 0.05) is 16.0 Å². The van der Waals surface area contributed by atoms with Crippen molar-refractivity contribution in [3.8, 4) is 0 Å². The summed E-state index contributed by atoms with van der Waals surface area (Å²) in [6, 6.07) is 6.06. The minimum absolute atomic E-state index is 0.831. The first kappa shape index (κ1) is 15.3. The van der Waals surface area contributed by atoms with Crippen molar-refractivity contribution in [3.63, 3.8) is 0 Å². The number of nitrogens with zero attached hydrogens (tertiary/aromatic N) is 1. The van der Waals surface area contributed by atoms with Crippen molar-refractivity contribution in [2.75, 3.05) is 26.2 Å². The summed E-state index contributed by atoms with van der Waals surface area (Å²) in [5, 5.41) is 4.31. The van der Waals surface area contributed by atoms with Crippen LogP contribution in [0.4, 0.5) is 0 Å². The van der Waals surface area contributed by atoms with Crippen LogP contribution in [-0.2, 0) is 6.54 Å². The van der Waals surface area contributed by atoms with E-state index in [2.05, 4.69) is 32.2 Å². The Morgan fingerprint density at radius 1 is 1.21 bits per heavy atom. The summed E-state index contributed by atoms with van der Waals surface area (Å²) in [5.74, 6) is 0. The van der Waals surface area contributed by atoms with Crippen molar-refractivity contribution in [1.29, 1.82) is 0 Å². The highest BCUT2D eigenvalue weighted by Crippen LogP contribution is 2.21. The van der Waals surface area contributed by atoms with Gasteiger partial charge in [0.05, 0.1) is 0 Å². The first-order valence-electron chi connectivity index (χ1n) is 7.13. The summed E-state index contributed by atoms with van der Waals surface area (Å²) in [5.41, 5.74) is 1.17. The van der Waals surface area contributed by atoms with Gasteiger partial charge in [-0.05, 0) is 63.1 Å². The van der Waals surface area contributed by atoms with Gasteiger partial charge in [0.1, 0.15) is 0 Å². The molecule has 1 aliphatic heterocycles. The van der Waals surface area contributed by atoms with Gasteiger partial charge in [0.25, 0.3) is 0 Å². The molecule has 19 heavy (non-hydrogen) atoms. The monoisotopic (exact) mass is 344 g/mol. The van der Waals surface area contributed by atoms with E-state index in [1.54, 1.807) is 0 Å². The van der Waals surface area contributed by atoms with Crippen LogP contribution in [0.25, 0.3) is 0 Å². The van der Waals surface area contributed by atoms with Crippen molar-refractivity contribution in [1.82, 2.24) is 10.2 Å². The summed E-state index contributed by atoms with van der Waals surface area (Å²) in [4.78, 5) is 2.58. The quantitative estimate of drug-likeness (QED) is 0.782. The number of benzene rings is 1. The average Bonchev–Trinajstić information content (AvgIpc) is 2.42. The summed E-state index contributed by atoms with van der Waals surface area (Å²) in [6.45, 7) is 5.72. The van der Waals surface area contributed by atoms with E-state index in [9.17, 15) is 0 Å². The Morgan fingerprint density at radius 2 is 2.00 bits per heavy atom. The van der Waals surface area contributed by atoms with Crippen LogP contribution in [0.2, 0.25) is 5.02 Å². The van der Waals surface area contributed by atoms with Gasteiger partial charge in [-0.3, -0.25) is 0 Å². The van der Waals surface area contributed by atoms with Gasteiger partial charge in [0.2, 0.25) is 0 Å². The highest BCUT2D eigenvalue weighted by molar-refractivity contribution is 9.10. The normalized spacial score (nSPS) is 16.7. The molecule has 1 N–H and O–H groups in total. The van der Waals surface area contributed by atoms with Crippen LogP contribution in [0.3, 0.4) is 0 Å². The fraction of sp³-hybridized carbons (Fsp3) is 0.600. The number of nitrogens with one attached hydrogen (secondary N) is 1. The molecule has 106 valence electrons. The molecule has 0 atom stereocenters. The summed E-state index contributed by atoms with van der Waals surface area (Å²) >= 11 is 9.61. The fourth-order valence-electron chi connectivity index (χ4n) is 2.50. The molecule has 1 aliphatic rings. The summed E-state index contributed by atoms with van der Waals surface area (Å²) < 4.78 is 1.03. The van der Waals surface area contributed by atoms with Crippen molar-refractivity contribution in [3.05, 3.63) is 33.3 Å². The van der Waals surface area contributed by atoms with Crippen LogP contribution in [0, 0.1) is 0 Å². The van der Waals surface area contributed by atoms with E-state index < -0.39 is 0 Å². The van der Waals surface area contributed by atoms with E-state index >= 15 is 0 Å². The number of piperidine rings is 1. The second kappa shape index (κ2) is 8.25. The molecule has 0 saturated carbocycles. The third-order valence-electron chi connectivity index (χ3n) is 3.61. The predicted octanol–water partition coefficient (Wildman–Crippen LogP) is 4.07. The molecule has 2 nitrogen and oxygen atoms in total. The van der Waals surface area contributed by atoms with E-state index in [-0.39, 0.29) is 0 Å². The van der Waals surface area contributed by atoms with Gasteiger partial charge < -0.3 is 10.2 Å². The molecule has 2 rings (SSSR count). The molecule has 4 heteroatoms. The molecule has 1 saturated heterocycles. The number of hydrogen-bond acceptors (Lipinski definition) is 2. The van der Waals surface area contributed by atoms with E-state index in [0.29, 0.717) is 0 Å². The lowest BCUT2D eigenvalue weighted by molar-refractivity contribution is 0.225. The third kappa shape index (κ3) is 5.42. The Labute approximate surface area is 129 Å². The fourth-order valence-corrected chi connectivity index (χ4v) is 3.24. The zero-order valence-electron chi connectivity index (χ0n) is 11.3. The first-order valence-corrected chi connectivity index (χ1v) is 8.30. The van der Waals surface area contributed by atoms with E-state index in [4.69, 9.17) is 11.6 Å². The Bertz CT molecular complexity index is 392. The van der Waals surface area contributed by atoms with Gasteiger partial charge in [-0.1, -0.05) is 40.0 Å². The number of rotatable bonds is 6. The smallest absolute Gasteiger partial charge is 0.0462 e. The maximum atomic E-state index is 6.19. The minimum Gasteiger partial charge on any atom is -0.313 e. The van der Waals surface area contributed by atoms with Crippen LogP contribution in [-0.4, -0.2) is 31.1 Å². The maximum Gasteiger partial charge on any atom is 0.0462 e. The van der Waals surface area contributed by atoms with Gasteiger partial charge >= 0.3 is 0 Å². The lowest BCUT2D eigenvalue weighted by Gasteiger charge is -2.26. The standard InChI is InChI=1S/C15H22BrClN2/c16-14-6-5-13(15(17)11-14)12-18-7-4-10-19-8-2-1-3-9-19/h5-6,11,18H,1-4,7-10,12H2. The molecule has 1 aromatic rings. The third-order valence-corrected chi connectivity index (χ3v) is 4.45. The van der Waals surface area contributed by atoms with Crippen molar-refractivity contribution in [2.24, 2.45) is 0 Å². The van der Waals surface area contributed by atoms with Crippen LogP contribution in [0.5, 0.6) is 0 Å². The van der Waals surface area contributed by atoms with Crippen molar-refractivity contribution in [2.45, 2.75) is 32.2 Å². The zero-order chi connectivity index (χ0) is 13.5.